The van der Waals surface area contributed by atoms with E-state index >= 15 is 0 Å². The fourth-order valence-corrected chi connectivity index (χ4v) is 2.00. The van der Waals surface area contributed by atoms with E-state index in [9.17, 15) is 4.79 Å². The van der Waals surface area contributed by atoms with Crippen LogP contribution >= 0.6 is 0 Å². The maximum atomic E-state index is 11.7. The van der Waals surface area contributed by atoms with Gasteiger partial charge in [0.2, 0.25) is 5.91 Å². The van der Waals surface area contributed by atoms with Crippen molar-refractivity contribution in [2.45, 2.75) is 26.8 Å². The van der Waals surface area contributed by atoms with E-state index in [1.165, 1.54) is 0 Å². The molecule has 0 spiro atoms. The Balaban J connectivity index is 2.18. The molecule has 4 heteroatoms. The van der Waals surface area contributed by atoms with Crippen LogP contribution in [0.2, 0.25) is 0 Å². The maximum Gasteiger partial charge on any atom is 0.239 e. The number of benzene rings is 1. The molecule has 1 aromatic carbocycles. The highest BCUT2D eigenvalue weighted by atomic mass is 16.1. The van der Waals surface area contributed by atoms with Gasteiger partial charge in [0.1, 0.15) is 0 Å². The fraction of sp³-hybridized carbons (Fsp3) is 0.333. The lowest BCUT2D eigenvalue weighted by Crippen LogP contribution is -2.34. The Morgan fingerprint density at radius 2 is 2.05 bits per heavy atom. The van der Waals surface area contributed by atoms with Crippen LogP contribution in [0.15, 0.2) is 30.3 Å². The summed E-state index contributed by atoms with van der Waals surface area (Å²) in [5, 5.41) is 7.07. The summed E-state index contributed by atoms with van der Waals surface area (Å²) in [6.45, 7) is 6.12. The normalized spacial score (nSPS) is 10.7. The van der Waals surface area contributed by atoms with Gasteiger partial charge in [0.15, 0.2) is 0 Å². The Kier molecular flexibility index (Phi) is 4.00. The third-order valence-corrected chi connectivity index (χ3v) is 2.73. The fourth-order valence-electron chi connectivity index (χ4n) is 2.00. The van der Waals surface area contributed by atoms with Crippen molar-refractivity contribution in [3.63, 3.8) is 0 Å². The second-order valence-electron chi connectivity index (χ2n) is 4.90. The van der Waals surface area contributed by atoms with Crippen LogP contribution in [-0.4, -0.2) is 23.5 Å². The average molecular weight is 257 g/mol. The Labute approximate surface area is 113 Å². The summed E-state index contributed by atoms with van der Waals surface area (Å²) < 4.78 is 0. The van der Waals surface area contributed by atoms with E-state index in [4.69, 9.17) is 0 Å². The summed E-state index contributed by atoms with van der Waals surface area (Å²) in [7, 11) is 0. The summed E-state index contributed by atoms with van der Waals surface area (Å²) >= 11 is 0. The summed E-state index contributed by atoms with van der Waals surface area (Å²) in [5.74, 6) is -0.00598. The number of nitrogens with one attached hydrogen (secondary N) is 2. The zero-order valence-corrected chi connectivity index (χ0v) is 11.5. The van der Waals surface area contributed by atoms with Crippen LogP contribution in [0.5, 0.6) is 0 Å². The van der Waals surface area contributed by atoms with Crippen molar-refractivity contribution >= 4 is 22.5 Å². The number of carbonyl (C=O) groups is 1. The molecule has 100 valence electrons. The molecule has 0 radical (unpaired) electrons. The van der Waals surface area contributed by atoms with Gasteiger partial charge in [-0.25, -0.2) is 0 Å². The van der Waals surface area contributed by atoms with Gasteiger partial charge in [-0.3, -0.25) is 9.78 Å². The standard InChI is InChI=1S/C15H19N3O/c1-10(2)17-15(19)9-16-14-8-11(3)18-13-7-5-4-6-12(13)14/h4-8,10H,9H2,1-3H3,(H,16,18)(H,17,19). The van der Waals surface area contributed by atoms with E-state index in [1.807, 2.05) is 51.1 Å². The Bertz CT molecular complexity index is 593. The molecule has 2 aromatic rings. The third kappa shape index (κ3) is 3.44. The van der Waals surface area contributed by atoms with Crippen molar-refractivity contribution in [2.75, 3.05) is 11.9 Å². The number of aromatic nitrogens is 1. The number of hydrogen-bond donors (Lipinski definition) is 2. The Hall–Kier alpha value is -2.10. The van der Waals surface area contributed by atoms with Crippen LogP contribution in [0, 0.1) is 6.92 Å². The molecule has 4 nitrogen and oxygen atoms in total. The van der Waals surface area contributed by atoms with E-state index in [0.717, 1.165) is 22.3 Å². The van der Waals surface area contributed by atoms with Gasteiger partial charge in [-0.05, 0) is 32.9 Å². The molecule has 0 bridgehead atoms. The minimum absolute atomic E-state index is 0.00598. The summed E-state index contributed by atoms with van der Waals surface area (Å²) in [5.41, 5.74) is 2.82. The molecule has 1 aromatic heterocycles. The lowest BCUT2D eigenvalue weighted by Gasteiger charge is -2.12. The molecule has 2 N–H and O–H groups in total. The lowest BCUT2D eigenvalue weighted by atomic mass is 10.1. The van der Waals surface area contributed by atoms with Crippen molar-refractivity contribution in [1.29, 1.82) is 0 Å². The van der Waals surface area contributed by atoms with Crippen LogP contribution in [0.3, 0.4) is 0 Å². The molecule has 2 rings (SSSR count). The molecule has 0 fully saturated rings. The Morgan fingerprint density at radius 1 is 1.32 bits per heavy atom. The summed E-state index contributed by atoms with van der Waals surface area (Å²) in [4.78, 5) is 16.1. The molecule has 0 atom stereocenters. The zero-order valence-electron chi connectivity index (χ0n) is 11.5. The molecular formula is C15H19N3O. The highest BCUT2D eigenvalue weighted by Crippen LogP contribution is 2.22. The number of rotatable bonds is 4. The quantitative estimate of drug-likeness (QED) is 0.884. The van der Waals surface area contributed by atoms with Gasteiger partial charge in [-0.15, -0.1) is 0 Å². The van der Waals surface area contributed by atoms with Crippen molar-refractivity contribution in [2.24, 2.45) is 0 Å². The van der Waals surface area contributed by atoms with E-state index in [1.54, 1.807) is 0 Å². The van der Waals surface area contributed by atoms with Crippen LogP contribution in [-0.2, 0) is 4.79 Å². The van der Waals surface area contributed by atoms with Gasteiger partial charge in [0.25, 0.3) is 0 Å². The van der Waals surface area contributed by atoms with Gasteiger partial charge in [-0.2, -0.15) is 0 Å². The predicted molar refractivity (Wildman–Crippen MR) is 78.2 cm³/mol. The number of para-hydroxylation sites is 1. The molecular weight excluding hydrogens is 238 g/mol. The first-order valence-electron chi connectivity index (χ1n) is 6.46. The second-order valence-corrected chi connectivity index (χ2v) is 4.90. The lowest BCUT2D eigenvalue weighted by molar-refractivity contribution is -0.119. The third-order valence-electron chi connectivity index (χ3n) is 2.73. The zero-order chi connectivity index (χ0) is 13.8. The summed E-state index contributed by atoms with van der Waals surface area (Å²) in [6, 6.07) is 10.0. The van der Waals surface area contributed by atoms with Crippen LogP contribution in [0.4, 0.5) is 5.69 Å². The van der Waals surface area contributed by atoms with E-state index in [0.29, 0.717) is 0 Å². The highest BCUT2D eigenvalue weighted by Gasteiger charge is 2.06. The number of carbonyl (C=O) groups excluding carboxylic acids is 1. The molecule has 0 aliphatic rings. The van der Waals surface area contributed by atoms with Gasteiger partial charge in [-0.1, -0.05) is 18.2 Å². The van der Waals surface area contributed by atoms with Crippen LogP contribution in [0.1, 0.15) is 19.5 Å². The van der Waals surface area contributed by atoms with Crippen molar-refractivity contribution in [3.05, 3.63) is 36.0 Å². The number of fused-ring (bicyclic) bond motifs is 1. The minimum Gasteiger partial charge on any atom is -0.376 e. The van der Waals surface area contributed by atoms with Crippen molar-refractivity contribution in [3.8, 4) is 0 Å². The number of hydrogen-bond acceptors (Lipinski definition) is 3. The number of aryl methyl sites for hydroxylation is 1. The number of pyridine rings is 1. The van der Waals surface area contributed by atoms with Gasteiger partial charge in [0.05, 0.1) is 12.1 Å². The number of anilines is 1. The summed E-state index contributed by atoms with van der Waals surface area (Å²) in [6.07, 6.45) is 0. The number of nitrogens with zero attached hydrogens (tertiary/aromatic N) is 1. The van der Waals surface area contributed by atoms with E-state index in [-0.39, 0.29) is 18.5 Å². The first-order valence-corrected chi connectivity index (χ1v) is 6.46. The van der Waals surface area contributed by atoms with E-state index in [2.05, 4.69) is 15.6 Å². The largest absolute Gasteiger partial charge is 0.376 e. The molecule has 19 heavy (non-hydrogen) atoms. The first kappa shape index (κ1) is 13.3. The second kappa shape index (κ2) is 5.69. The molecule has 1 heterocycles. The van der Waals surface area contributed by atoms with E-state index < -0.39 is 0 Å². The highest BCUT2D eigenvalue weighted by molar-refractivity contribution is 5.93. The smallest absolute Gasteiger partial charge is 0.239 e. The number of amides is 1. The van der Waals surface area contributed by atoms with Crippen molar-refractivity contribution in [1.82, 2.24) is 10.3 Å². The minimum atomic E-state index is -0.00598. The average Bonchev–Trinajstić information content (AvgIpc) is 2.35. The molecule has 0 aliphatic carbocycles. The molecule has 1 amide bonds. The predicted octanol–water partition coefficient (Wildman–Crippen LogP) is 2.48. The first-order chi connectivity index (χ1) is 9.06. The molecule has 0 saturated carbocycles. The molecule has 0 saturated heterocycles. The van der Waals surface area contributed by atoms with Crippen molar-refractivity contribution < 1.29 is 4.79 Å². The molecule has 0 aliphatic heterocycles. The maximum absolute atomic E-state index is 11.7. The molecule has 0 unspecified atom stereocenters. The van der Waals surface area contributed by atoms with Gasteiger partial charge < -0.3 is 10.6 Å². The van der Waals surface area contributed by atoms with Crippen LogP contribution < -0.4 is 10.6 Å². The monoisotopic (exact) mass is 257 g/mol. The van der Waals surface area contributed by atoms with Crippen LogP contribution in [0.25, 0.3) is 10.9 Å². The SMILES string of the molecule is Cc1cc(NCC(=O)NC(C)C)c2ccccc2n1. The Morgan fingerprint density at radius 3 is 2.79 bits per heavy atom. The topological polar surface area (TPSA) is 54.0 Å². The van der Waals surface area contributed by atoms with Gasteiger partial charge >= 0.3 is 0 Å². The van der Waals surface area contributed by atoms with Gasteiger partial charge in [0, 0.05) is 22.8 Å².